The number of hydrogen-bond acceptors (Lipinski definition) is 4. The zero-order valence-corrected chi connectivity index (χ0v) is 19.8. The molecule has 0 radical (unpaired) electrons. The van der Waals surface area contributed by atoms with Gasteiger partial charge >= 0.3 is 0 Å². The number of thioether (sulfide) groups is 1. The predicted molar refractivity (Wildman–Crippen MR) is 130 cm³/mol. The predicted octanol–water partition coefficient (Wildman–Crippen LogP) is 6.50. The first-order chi connectivity index (χ1) is 15.9. The molecule has 4 aromatic rings. The third-order valence-corrected chi connectivity index (χ3v) is 6.40. The lowest BCUT2D eigenvalue weighted by molar-refractivity contribution is 0.0938. The Morgan fingerprint density at radius 1 is 1.06 bits per heavy atom. The third-order valence-electron chi connectivity index (χ3n) is 4.86. The minimum Gasteiger partial charge on any atom is -0.342 e. The average molecular weight is 501 g/mol. The highest BCUT2D eigenvalue weighted by atomic mass is 35.5. The number of aromatic nitrogens is 3. The molecule has 1 amide bonds. The van der Waals surface area contributed by atoms with E-state index in [0.29, 0.717) is 38.0 Å². The maximum atomic E-state index is 13.2. The van der Waals surface area contributed by atoms with E-state index in [1.165, 1.54) is 36.0 Å². The van der Waals surface area contributed by atoms with E-state index in [2.05, 4.69) is 15.5 Å². The second kappa shape index (κ2) is 10.4. The van der Waals surface area contributed by atoms with Crippen molar-refractivity contribution in [3.63, 3.8) is 0 Å². The Bertz CT molecular complexity index is 1270. The molecule has 0 aliphatic carbocycles. The number of nitrogens with one attached hydrogen (secondary N) is 1. The van der Waals surface area contributed by atoms with Crippen LogP contribution in [0, 0.1) is 5.82 Å². The molecule has 0 fully saturated rings. The Morgan fingerprint density at radius 3 is 2.48 bits per heavy atom. The lowest BCUT2D eigenvalue weighted by Crippen LogP contribution is -2.28. The molecule has 0 saturated carbocycles. The van der Waals surface area contributed by atoms with Gasteiger partial charge in [0.1, 0.15) is 5.82 Å². The van der Waals surface area contributed by atoms with Crippen LogP contribution in [0.2, 0.25) is 10.0 Å². The van der Waals surface area contributed by atoms with Crippen molar-refractivity contribution in [3.8, 4) is 5.69 Å². The van der Waals surface area contributed by atoms with Gasteiger partial charge in [-0.3, -0.25) is 9.36 Å². The van der Waals surface area contributed by atoms with Crippen LogP contribution >= 0.6 is 35.0 Å². The molecule has 0 saturated heterocycles. The maximum Gasteiger partial charge on any atom is 0.251 e. The lowest BCUT2D eigenvalue weighted by atomic mass is 10.2. The molecule has 5 nitrogen and oxygen atoms in total. The monoisotopic (exact) mass is 500 g/mol. The van der Waals surface area contributed by atoms with Crippen molar-refractivity contribution in [2.75, 3.05) is 0 Å². The molecule has 0 aliphatic heterocycles. The summed E-state index contributed by atoms with van der Waals surface area (Å²) >= 11 is 14.1. The Balaban J connectivity index is 1.65. The van der Waals surface area contributed by atoms with Crippen LogP contribution in [0.3, 0.4) is 0 Å². The van der Waals surface area contributed by atoms with Gasteiger partial charge in [0.25, 0.3) is 5.91 Å². The topological polar surface area (TPSA) is 59.8 Å². The fraction of sp³-hybridized carbons (Fsp3) is 0.125. The summed E-state index contributed by atoms with van der Waals surface area (Å²) in [6.45, 7) is 1.80. The molecule has 0 spiro atoms. The van der Waals surface area contributed by atoms with Gasteiger partial charge in [-0.15, -0.1) is 10.2 Å². The maximum absolute atomic E-state index is 13.2. The second-order valence-corrected chi connectivity index (χ2v) is 9.03. The third kappa shape index (κ3) is 5.55. The smallest absolute Gasteiger partial charge is 0.251 e. The molecule has 1 aromatic heterocycles. The molecule has 3 aromatic carbocycles. The first kappa shape index (κ1) is 23.3. The molecule has 1 heterocycles. The highest BCUT2D eigenvalue weighted by Gasteiger charge is 2.23. The average Bonchev–Trinajstić information content (AvgIpc) is 3.22. The SMILES string of the molecule is CC(NC(=O)c1ccc(F)cc1)c1nnc(SCc2ccccc2)n1-c1ccc(Cl)cc1Cl. The lowest BCUT2D eigenvalue weighted by Gasteiger charge is -2.17. The molecule has 0 bridgehead atoms. The van der Waals surface area contributed by atoms with Gasteiger partial charge in [-0.1, -0.05) is 65.3 Å². The van der Waals surface area contributed by atoms with Crippen molar-refractivity contribution in [2.45, 2.75) is 23.9 Å². The number of benzene rings is 3. The van der Waals surface area contributed by atoms with Crippen molar-refractivity contribution in [3.05, 3.63) is 106 Å². The summed E-state index contributed by atoms with van der Waals surface area (Å²) in [5.74, 6) is 0.431. The fourth-order valence-electron chi connectivity index (χ4n) is 3.21. The molecule has 9 heteroatoms. The van der Waals surface area contributed by atoms with Crippen molar-refractivity contribution in [1.82, 2.24) is 20.1 Å². The van der Waals surface area contributed by atoms with Crippen LogP contribution in [-0.2, 0) is 5.75 Å². The quantitative estimate of drug-likeness (QED) is 0.294. The summed E-state index contributed by atoms with van der Waals surface area (Å²) < 4.78 is 15.0. The summed E-state index contributed by atoms with van der Waals surface area (Å²) in [5, 5.41) is 13.2. The van der Waals surface area contributed by atoms with Crippen LogP contribution in [0.5, 0.6) is 0 Å². The number of hydrogen-bond donors (Lipinski definition) is 1. The van der Waals surface area contributed by atoms with E-state index in [9.17, 15) is 9.18 Å². The molecule has 1 unspecified atom stereocenters. The molecular weight excluding hydrogens is 482 g/mol. The van der Waals surface area contributed by atoms with Gasteiger partial charge < -0.3 is 5.32 Å². The summed E-state index contributed by atoms with van der Waals surface area (Å²) in [4.78, 5) is 12.7. The van der Waals surface area contributed by atoms with Gasteiger partial charge in [0.2, 0.25) is 0 Å². The summed E-state index contributed by atoms with van der Waals surface area (Å²) in [6.07, 6.45) is 0. The minimum absolute atomic E-state index is 0.345. The zero-order chi connectivity index (χ0) is 23.4. The van der Waals surface area contributed by atoms with E-state index in [1.54, 1.807) is 25.1 Å². The molecule has 4 rings (SSSR count). The van der Waals surface area contributed by atoms with Gasteiger partial charge in [0.15, 0.2) is 11.0 Å². The number of amides is 1. The standard InChI is InChI=1S/C24H19Cl2FN4OS/c1-15(28-23(32)17-7-10-19(27)11-8-17)22-29-30-24(33-14-16-5-3-2-4-6-16)31(22)21-12-9-18(25)13-20(21)26/h2-13,15H,14H2,1H3,(H,28,32). The number of carbonyl (C=O) groups excluding carboxylic acids is 1. The highest BCUT2D eigenvalue weighted by molar-refractivity contribution is 7.98. The summed E-state index contributed by atoms with van der Waals surface area (Å²) in [6, 6.07) is 20.0. The van der Waals surface area contributed by atoms with Crippen molar-refractivity contribution >= 4 is 40.9 Å². The highest BCUT2D eigenvalue weighted by Crippen LogP contribution is 2.32. The largest absolute Gasteiger partial charge is 0.342 e. The van der Waals surface area contributed by atoms with Crippen LogP contribution in [0.4, 0.5) is 4.39 Å². The molecular formula is C24H19Cl2FN4OS. The first-order valence-corrected chi connectivity index (χ1v) is 11.8. The van der Waals surface area contributed by atoms with Crippen LogP contribution in [0.25, 0.3) is 5.69 Å². The van der Waals surface area contributed by atoms with E-state index in [4.69, 9.17) is 23.2 Å². The van der Waals surface area contributed by atoms with Crippen molar-refractivity contribution in [2.24, 2.45) is 0 Å². The molecule has 33 heavy (non-hydrogen) atoms. The fourth-order valence-corrected chi connectivity index (χ4v) is 4.61. The zero-order valence-electron chi connectivity index (χ0n) is 17.5. The Morgan fingerprint density at radius 2 is 1.79 bits per heavy atom. The number of carbonyl (C=O) groups is 1. The van der Waals surface area contributed by atoms with Crippen molar-refractivity contribution in [1.29, 1.82) is 0 Å². The van der Waals surface area contributed by atoms with E-state index in [0.717, 1.165) is 5.56 Å². The normalized spacial score (nSPS) is 11.9. The van der Waals surface area contributed by atoms with Gasteiger partial charge in [0, 0.05) is 16.3 Å². The number of nitrogens with zero attached hydrogens (tertiary/aromatic N) is 3. The Hall–Kier alpha value is -2.87. The van der Waals surface area contributed by atoms with Gasteiger partial charge in [-0.2, -0.15) is 0 Å². The summed E-state index contributed by atoms with van der Waals surface area (Å²) in [7, 11) is 0. The van der Waals surface area contributed by atoms with E-state index < -0.39 is 11.9 Å². The van der Waals surface area contributed by atoms with Crippen LogP contribution in [0.15, 0.2) is 78.0 Å². The first-order valence-electron chi connectivity index (χ1n) is 10.1. The van der Waals surface area contributed by atoms with Crippen LogP contribution in [-0.4, -0.2) is 20.7 Å². The van der Waals surface area contributed by atoms with E-state index >= 15 is 0 Å². The van der Waals surface area contributed by atoms with Gasteiger partial charge in [-0.25, -0.2) is 4.39 Å². The number of rotatable bonds is 7. The second-order valence-electron chi connectivity index (χ2n) is 7.25. The molecule has 1 atom stereocenters. The van der Waals surface area contributed by atoms with Gasteiger partial charge in [0.05, 0.1) is 16.8 Å². The minimum atomic E-state index is -0.507. The van der Waals surface area contributed by atoms with Gasteiger partial charge in [-0.05, 0) is 55.0 Å². The molecule has 168 valence electrons. The van der Waals surface area contributed by atoms with E-state index in [1.807, 2.05) is 34.9 Å². The molecule has 1 N–H and O–H groups in total. The Kier molecular flexibility index (Phi) is 7.33. The molecule has 0 aliphatic rings. The Labute approximate surface area is 204 Å². The summed E-state index contributed by atoms with van der Waals surface area (Å²) in [5.41, 5.74) is 2.13. The van der Waals surface area contributed by atoms with Crippen molar-refractivity contribution < 1.29 is 9.18 Å². The van der Waals surface area contributed by atoms with Crippen LogP contribution < -0.4 is 5.32 Å². The van der Waals surface area contributed by atoms with Crippen LogP contribution in [0.1, 0.15) is 34.7 Å². The van der Waals surface area contributed by atoms with E-state index in [-0.39, 0.29) is 5.91 Å². The number of halogens is 3.